The van der Waals surface area contributed by atoms with E-state index >= 15 is 0 Å². The van der Waals surface area contributed by atoms with Gasteiger partial charge in [0.15, 0.2) is 0 Å². The van der Waals surface area contributed by atoms with Gasteiger partial charge in [-0.15, -0.1) is 0 Å². The topological polar surface area (TPSA) is 17.8 Å². The van der Waals surface area contributed by atoms with Gasteiger partial charge >= 0.3 is 93.6 Å². The molecule has 14 heavy (non-hydrogen) atoms. The van der Waals surface area contributed by atoms with Gasteiger partial charge in [-0.3, -0.25) is 0 Å². The van der Waals surface area contributed by atoms with Gasteiger partial charge in [-0.2, -0.15) is 0 Å². The molecule has 1 aromatic heterocycles. The fourth-order valence-electron chi connectivity index (χ4n) is 1.16. The van der Waals surface area contributed by atoms with Gasteiger partial charge in [-0.05, 0) is 0 Å². The number of nitrogens with zero attached hydrogens (tertiary/aromatic N) is 2. The zero-order valence-corrected chi connectivity index (χ0v) is 9.76. The van der Waals surface area contributed by atoms with Crippen LogP contribution in [0.5, 0.6) is 0 Å². The summed E-state index contributed by atoms with van der Waals surface area (Å²) >= 11 is -0.109. The molecule has 2 rings (SSSR count). The summed E-state index contributed by atoms with van der Waals surface area (Å²) in [5.74, 6) is 0. The monoisotopic (exact) mass is 297 g/mol. The van der Waals surface area contributed by atoms with Crippen molar-refractivity contribution < 1.29 is 21.2 Å². The second kappa shape index (κ2) is 4.41. The Kier molecular flexibility index (Phi) is 2.98. The number of benzene rings is 1. The first-order valence-electron chi connectivity index (χ1n) is 4.25. The number of halogens is 1. The average Bonchev–Trinajstić information content (AvgIpc) is 2.68. The Labute approximate surface area is 93.5 Å². The minimum absolute atomic E-state index is 0.109. The van der Waals surface area contributed by atoms with Crippen molar-refractivity contribution in [2.45, 2.75) is 0 Å². The van der Waals surface area contributed by atoms with Gasteiger partial charge < -0.3 is 0 Å². The van der Waals surface area contributed by atoms with Gasteiger partial charge in [-0.1, -0.05) is 0 Å². The zero-order valence-electron chi connectivity index (χ0n) is 7.60. The number of hydrogen-bond acceptors (Lipinski definition) is 1. The summed E-state index contributed by atoms with van der Waals surface area (Å²) in [4.78, 5) is 0. The molecule has 2 aromatic rings. The van der Waals surface area contributed by atoms with Crippen LogP contribution < -0.4 is 21.2 Å². The van der Waals surface area contributed by atoms with Gasteiger partial charge in [-0.25, -0.2) is 0 Å². The molecule has 0 bridgehead atoms. The molecule has 1 heterocycles. The third-order valence-electron chi connectivity index (χ3n) is 1.77. The molecule has 2 nitrogen and oxygen atoms in total. The van der Waals surface area contributed by atoms with Gasteiger partial charge in [0.1, 0.15) is 0 Å². The predicted octanol–water partition coefficient (Wildman–Crippen LogP) is -0.726. The number of hydrogen-bond donors (Lipinski definition) is 0. The molecule has 0 fully saturated rings. The minimum atomic E-state index is -0.109. The summed E-state index contributed by atoms with van der Waals surface area (Å²) < 4.78 is 5.03. The van der Waals surface area contributed by atoms with E-state index in [2.05, 4.69) is 17.7 Å². The van der Waals surface area contributed by atoms with Gasteiger partial charge in [0.2, 0.25) is 0 Å². The Morgan fingerprint density at radius 1 is 1.21 bits per heavy atom. The van der Waals surface area contributed by atoms with Crippen molar-refractivity contribution >= 4 is 0 Å². The average molecular weight is 297 g/mol. The maximum absolute atomic E-state index is 4.46. The molecule has 0 radical (unpaired) electrons. The Bertz CT molecular complexity index is 420. The molecule has 0 aliphatic heterocycles. The van der Waals surface area contributed by atoms with E-state index in [4.69, 9.17) is 0 Å². The Morgan fingerprint density at radius 3 is 2.71 bits per heavy atom. The third kappa shape index (κ3) is 2.04. The first-order valence-corrected chi connectivity index (χ1v) is 6.58. The van der Waals surface area contributed by atoms with Crippen LogP contribution in [0.3, 0.4) is 0 Å². The van der Waals surface area contributed by atoms with Crippen LogP contribution in [0.25, 0.3) is 5.69 Å². The van der Waals surface area contributed by atoms with Crippen molar-refractivity contribution in [2.75, 3.05) is 0 Å². The third-order valence-corrected chi connectivity index (χ3v) is 3.42. The normalized spacial score (nSPS) is 10.3. The molecule has 0 saturated heterocycles. The molecule has 0 atom stereocenters. The van der Waals surface area contributed by atoms with Crippen molar-refractivity contribution in [3.63, 3.8) is 0 Å². The summed E-state index contributed by atoms with van der Waals surface area (Å²) in [6.07, 6.45) is 1.99. The van der Waals surface area contributed by atoms with E-state index in [1.54, 1.807) is 0 Å². The van der Waals surface area contributed by atoms with Crippen LogP contribution in [0.1, 0.15) is 0 Å². The van der Waals surface area contributed by atoms with E-state index in [0.29, 0.717) is 0 Å². The van der Waals surface area contributed by atoms with E-state index in [0.717, 1.165) is 9.39 Å². The molecule has 0 aliphatic carbocycles. The van der Waals surface area contributed by atoms with Crippen LogP contribution in [-0.2, 0) is 0 Å². The summed E-state index contributed by atoms with van der Waals surface area (Å²) in [5.41, 5.74) is 1.10. The molecule has 0 N–H and O–H groups in total. The molecule has 3 heteroatoms. The van der Waals surface area contributed by atoms with E-state index < -0.39 is 0 Å². The molecular weight excluding hydrogens is 287 g/mol. The zero-order chi connectivity index (χ0) is 9.80. The van der Waals surface area contributed by atoms with Crippen molar-refractivity contribution in [1.29, 1.82) is 0 Å². The molecule has 0 spiro atoms. The summed E-state index contributed by atoms with van der Waals surface area (Å²) in [5, 5.41) is 4.46. The van der Waals surface area contributed by atoms with E-state index in [9.17, 15) is 0 Å². The fraction of sp³-hybridized carbons (Fsp3) is 0. The standard InChI is InChI=1S/C11H10IN2/c1-2-12-11-8-9-14(13-11)10-6-4-3-5-7-10/h2-9H,1H2/q-1. The number of aromatic nitrogens is 2. The van der Waals surface area contributed by atoms with E-state index in [1.807, 2.05) is 45.3 Å². The van der Waals surface area contributed by atoms with Gasteiger partial charge in [0.25, 0.3) is 0 Å². The van der Waals surface area contributed by atoms with E-state index in [-0.39, 0.29) is 21.2 Å². The Hall–Kier alpha value is -1.10. The molecule has 72 valence electrons. The van der Waals surface area contributed by atoms with Gasteiger partial charge in [0.05, 0.1) is 0 Å². The second-order valence-electron chi connectivity index (χ2n) is 2.68. The van der Waals surface area contributed by atoms with Crippen LogP contribution in [0.2, 0.25) is 0 Å². The van der Waals surface area contributed by atoms with Crippen LogP contribution in [0, 0.1) is 3.70 Å². The first kappa shape index (κ1) is 9.45. The van der Waals surface area contributed by atoms with Crippen LogP contribution >= 0.6 is 0 Å². The second-order valence-corrected chi connectivity index (χ2v) is 5.29. The van der Waals surface area contributed by atoms with Crippen molar-refractivity contribution in [2.24, 2.45) is 0 Å². The molecule has 0 unspecified atom stereocenters. The number of rotatable bonds is 3. The van der Waals surface area contributed by atoms with Crippen molar-refractivity contribution in [1.82, 2.24) is 9.78 Å². The first-order chi connectivity index (χ1) is 6.90. The molecular formula is C11H10IN2-. The fourth-order valence-corrected chi connectivity index (χ4v) is 2.34. The van der Waals surface area contributed by atoms with Crippen LogP contribution in [0.15, 0.2) is 53.3 Å². The summed E-state index contributed by atoms with van der Waals surface area (Å²) in [6, 6.07) is 12.2. The molecule has 1 aromatic carbocycles. The maximum atomic E-state index is 4.46. The van der Waals surface area contributed by atoms with Crippen LogP contribution in [-0.4, -0.2) is 9.78 Å². The quantitative estimate of drug-likeness (QED) is 0.684. The Morgan fingerprint density at radius 2 is 2.00 bits per heavy atom. The van der Waals surface area contributed by atoms with E-state index in [1.165, 1.54) is 0 Å². The SMILES string of the molecule is C=C[I-]c1ccn(-c2ccccc2)n1. The summed E-state index contributed by atoms with van der Waals surface area (Å²) in [7, 11) is 0. The summed E-state index contributed by atoms with van der Waals surface area (Å²) in [6.45, 7) is 3.74. The Balaban J connectivity index is 2.29. The van der Waals surface area contributed by atoms with Crippen LogP contribution in [0.4, 0.5) is 0 Å². The molecule has 0 aliphatic rings. The molecule has 0 saturated carbocycles. The van der Waals surface area contributed by atoms with Crippen molar-refractivity contribution in [3.05, 3.63) is 57.0 Å². The van der Waals surface area contributed by atoms with Crippen molar-refractivity contribution in [3.8, 4) is 5.69 Å². The number of para-hydroxylation sites is 1. The molecule has 0 amide bonds. The predicted molar refractivity (Wildman–Crippen MR) is 52.5 cm³/mol. The van der Waals surface area contributed by atoms with Gasteiger partial charge in [0, 0.05) is 0 Å².